The Bertz CT molecular complexity index is 1120. The van der Waals surface area contributed by atoms with Gasteiger partial charge in [-0.15, -0.1) is 0 Å². The molecule has 8 heteroatoms. The van der Waals surface area contributed by atoms with Crippen molar-refractivity contribution in [3.63, 3.8) is 0 Å². The van der Waals surface area contributed by atoms with Crippen LogP contribution in [-0.4, -0.2) is 45.5 Å². The Hall–Kier alpha value is -3.00. The Morgan fingerprint density at radius 1 is 1.33 bits per heavy atom. The first-order valence-electron chi connectivity index (χ1n) is 10.1. The van der Waals surface area contributed by atoms with Gasteiger partial charge in [-0.25, -0.2) is 14.4 Å². The van der Waals surface area contributed by atoms with Gasteiger partial charge in [-0.05, 0) is 32.8 Å². The van der Waals surface area contributed by atoms with E-state index in [-0.39, 0.29) is 30.0 Å². The molecule has 0 radical (unpaired) electrons. The highest BCUT2D eigenvalue weighted by Crippen LogP contribution is 2.40. The predicted molar refractivity (Wildman–Crippen MR) is 109 cm³/mol. The summed E-state index contributed by atoms with van der Waals surface area (Å²) in [5.41, 5.74) is 1.42. The molecule has 156 valence electrons. The number of fused-ring (bicyclic) bond motifs is 1. The van der Waals surface area contributed by atoms with Crippen molar-refractivity contribution >= 4 is 22.8 Å². The van der Waals surface area contributed by atoms with E-state index in [1.165, 1.54) is 12.4 Å². The monoisotopic (exact) mass is 410 g/mol. The molecule has 1 aliphatic heterocycles. The van der Waals surface area contributed by atoms with Crippen LogP contribution in [0.4, 0.5) is 10.2 Å². The molecule has 1 saturated carbocycles. The number of carbonyl (C=O) groups is 1. The molecule has 2 aliphatic rings. The largest absolute Gasteiger partial charge is 0.442 e. The topological polar surface area (TPSA) is 80.5 Å². The van der Waals surface area contributed by atoms with Gasteiger partial charge in [0.25, 0.3) is 5.91 Å². The molecule has 1 aromatic carbocycles. The van der Waals surface area contributed by atoms with Crippen LogP contribution in [-0.2, 0) is 11.3 Å². The first kappa shape index (κ1) is 19.0. The van der Waals surface area contributed by atoms with Crippen molar-refractivity contribution in [1.29, 1.82) is 0 Å². The van der Waals surface area contributed by atoms with Crippen molar-refractivity contribution in [1.82, 2.24) is 14.9 Å². The quantitative estimate of drug-likeness (QED) is 0.668. The summed E-state index contributed by atoms with van der Waals surface area (Å²) in [6, 6.07) is 6.54. The van der Waals surface area contributed by atoms with E-state index in [4.69, 9.17) is 9.15 Å². The molecule has 2 aromatic heterocycles. The predicted octanol–water partition coefficient (Wildman–Crippen LogP) is 3.68. The number of anilines is 1. The number of hydrogen-bond acceptors (Lipinski definition) is 6. The van der Waals surface area contributed by atoms with Crippen LogP contribution in [0.2, 0.25) is 0 Å². The molecule has 3 aromatic rings. The van der Waals surface area contributed by atoms with Crippen molar-refractivity contribution in [3.8, 4) is 0 Å². The van der Waals surface area contributed by atoms with Gasteiger partial charge in [0.2, 0.25) is 5.71 Å². The molecule has 0 unspecified atom stereocenters. The molecule has 5 rings (SSSR count). The van der Waals surface area contributed by atoms with Gasteiger partial charge in [-0.2, -0.15) is 0 Å². The third-order valence-corrected chi connectivity index (χ3v) is 5.87. The number of aromatic nitrogens is 2. The molecule has 1 aliphatic carbocycles. The van der Waals surface area contributed by atoms with Gasteiger partial charge < -0.3 is 19.4 Å². The van der Waals surface area contributed by atoms with Gasteiger partial charge in [0, 0.05) is 24.2 Å². The van der Waals surface area contributed by atoms with Gasteiger partial charge in [0.15, 0.2) is 0 Å². The van der Waals surface area contributed by atoms with Crippen molar-refractivity contribution < 1.29 is 18.3 Å². The van der Waals surface area contributed by atoms with Crippen LogP contribution in [0, 0.1) is 12.7 Å². The zero-order valence-corrected chi connectivity index (χ0v) is 16.9. The van der Waals surface area contributed by atoms with Crippen molar-refractivity contribution in [2.24, 2.45) is 0 Å². The van der Waals surface area contributed by atoms with Crippen molar-refractivity contribution in [2.45, 2.75) is 44.9 Å². The van der Waals surface area contributed by atoms with Gasteiger partial charge in [0.1, 0.15) is 23.7 Å². The fourth-order valence-corrected chi connectivity index (χ4v) is 3.69. The number of nitrogens with zero attached hydrogens (tertiary/aromatic N) is 3. The molecule has 1 N–H and O–H groups in total. The van der Waals surface area contributed by atoms with E-state index in [2.05, 4.69) is 22.2 Å². The molecule has 7 nitrogen and oxygen atoms in total. The average molecular weight is 410 g/mol. The van der Waals surface area contributed by atoms with E-state index >= 15 is 0 Å². The zero-order chi connectivity index (χ0) is 20.9. The summed E-state index contributed by atoms with van der Waals surface area (Å²) >= 11 is 0. The lowest BCUT2D eigenvalue weighted by Gasteiger charge is -2.38. The number of likely N-dealkylation sites (tertiary alicyclic amines) is 1. The number of nitrogens with one attached hydrogen (secondary N) is 1. The highest BCUT2D eigenvalue weighted by atomic mass is 19.1. The first-order chi connectivity index (χ1) is 14.4. The Morgan fingerprint density at radius 3 is 2.83 bits per heavy atom. The minimum absolute atomic E-state index is 0.00911. The molecule has 30 heavy (non-hydrogen) atoms. The maximum Gasteiger partial charge on any atom is 0.258 e. The number of furan rings is 1. The zero-order valence-electron chi connectivity index (χ0n) is 16.9. The fourth-order valence-electron chi connectivity index (χ4n) is 3.69. The first-order valence-corrected chi connectivity index (χ1v) is 10.1. The summed E-state index contributed by atoms with van der Waals surface area (Å²) in [4.78, 5) is 23.5. The third-order valence-electron chi connectivity index (χ3n) is 5.87. The standard InChI is InChI=1S/C22H23FN4O3/c1-13-17(18-19(26-22(2)7-8-22)24-12-25-20(18)30-13)21(28)27-9-15(10-27)29-11-14-5-3-4-6-16(14)23/h3-6,12,15H,7-11H2,1-2H3,(H,24,25,26). The van der Waals surface area contributed by atoms with Crippen molar-refractivity contribution in [3.05, 3.63) is 53.3 Å². The lowest BCUT2D eigenvalue weighted by Crippen LogP contribution is -2.54. The molecule has 0 bridgehead atoms. The highest BCUT2D eigenvalue weighted by molar-refractivity contribution is 6.10. The van der Waals surface area contributed by atoms with E-state index in [9.17, 15) is 9.18 Å². The average Bonchev–Trinajstić information content (AvgIpc) is 3.29. The number of ether oxygens (including phenoxy) is 1. The lowest BCUT2D eigenvalue weighted by molar-refractivity contribution is -0.0509. The smallest absolute Gasteiger partial charge is 0.258 e. The van der Waals surface area contributed by atoms with Crippen LogP contribution >= 0.6 is 0 Å². The van der Waals surface area contributed by atoms with Crippen LogP contribution < -0.4 is 5.32 Å². The van der Waals surface area contributed by atoms with Gasteiger partial charge in [0.05, 0.1) is 23.7 Å². The van der Waals surface area contributed by atoms with E-state index in [0.717, 1.165) is 12.8 Å². The SMILES string of the molecule is Cc1oc2ncnc(NC3(C)CC3)c2c1C(=O)N1CC(OCc2ccccc2F)C1. The Kier molecular flexibility index (Phi) is 4.47. The summed E-state index contributed by atoms with van der Waals surface area (Å²) in [6.07, 6.45) is 3.45. The summed E-state index contributed by atoms with van der Waals surface area (Å²) < 4.78 is 25.2. The second kappa shape index (κ2) is 7.05. The number of hydrogen-bond donors (Lipinski definition) is 1. The number of aryl methyl sites for hydroxylation is 1. The van der Waals surface area contributed by atoms with Crippen molar-refractivity contribution in [2.75, 3.05) is 18.4 Å². The van der Waals surface area contributed by atoms with Gasteiger partial charge in [-0.3, -0.25) is 4.79 Å². The molecule has 2 fully saturated rings. The van der Waals surface area contributed by atoms with Crippen LogP contribution in [0.5, 0.6) is 0 Å². The molecular formula is C22H23FN4O3. The van der Waals surface area contributed by atoms with E-state index in [0.29, 0.717) is 46.9 Å². The molecule has 3 heterocycles. The fraction of sp³-hybridized carbons (Fsp3) is 0.409. The molecular weight excluding hydrogens is 387 g/mol. The summed E-state index contributed by atoms with van der Waals surface area (Å²) in [7, 11) is 0. The number of rotatable bonds is 6. The van der Waals surface area contributed by atoms with Crippen LogP contribution in [0.15, 0.2) is 35.0 Å². The van der Waals surface area contributed by atoms with Crippen LogP contribution in [0.25, 0.3) is 11.1 Å². The Balaban J connectivity index is 1.30. The molecule has 1 amide bonds. The number of amides is 1. The van der Waals surface area contributed by atoms with E-state index < -0.39 is 0 Å². The summed E-state index contributed by atoms with van der Waals surface area (Å²) in [6.45, 7) is 4.99. The minimum atomic E-state index is -0.283. The second-order valence-electron chi connectivity index (χ2n) is 8.36. The number of benzene rings is 1. The lowest BCUT2D eigenvalue weighted by atomic mass is 10.1. The van der Waals surface area contributed by atoms with Crippen LogP contribution in [0.1, 0.15) is 41.4 Å². The number of carbonyl (C=O) groups excluding carboxylic acids is 1. The molecule has 0 atom stereocenters. The maximum atomic E-state index is 13.7. The Morgan fingerprint density at radius 2 is 2.10 bits per heavy atom. The van der Waals surface area contributed by atoms with Gasteiger partial charge in [-0.1, -0.05) is 18.2 Å². The van der Waals surface area contributed by atoms with Crippen LogP contribution in [0.3, 0.4) is 0 Å². The normalized spacial score (nSPS) is 17.8. The molecule has 0 spiro atoms. The second-order valence-corrected chi connectivity index (χ2v) is 8.36. The maximum absolute atomic E-state index is 13.7. The van der Waals surface area contributed by atoms with E-state index in [1.54, 1.807) is 30.0 Å². The molecule has 1 saturated heterocycles. The van der Waals surface area contributed by atoms with Gasteiger partial charge >= 0.3 is 0 Å². The Labute approximate surface area is 173 Å². The summed E-state index contributed by atoms with van der Waals surface area (Å²) in [5.74, 6) is 0.744. The highest BCUT2D eigenvalue weighted by Gasteiger charge is 2.40. The summed E-state index contributed by atoms with van der Waals surface area (Å²) in [5, 5.41) is 4.06. The van der Waals surface area contributed by atoms with E-state index in [1.807, 2.05) is 0 Å². The number of halogens is 1. The minimum Gasteiger partial charge on any atom is -0.442 e. The third kappa shape index (κ3) is 3.41.